The number of pyridine rings is 1. The summed E-state index contributed by atoms with van der Waals surface area (Å²) < 4.78 is 27.5. The van der Waals surface area contributed by atoms with E-state index in [1.165, 1.54) is 30.6 Å². The van der Waals surface area contributed by atoms with E-state index in [1.807, 2.05) is 6.07 Å². The van der Waals surface area contributed by atoms with Crippen LogP contribution in [0.4, 0.5) is 14.9 Å². The van der Waals surface area contributed by atoms with Gasteiger partial charge in [-0.2, -0.15) is 0 Å². The first-order valence-electron chi connectivity index (χ1n) is 10.9. The summed E-state index contributed by atoms with van der Waals surface area (Å²) in [5.74, 6) is -0.471. The molecular weight excluding hydrogens is 475 g/mol. The third kappa shape index (κ3) is 5.38. The number of aryl methyl sites for hydroxylation is 1. The number of carbonyl (C=O) groups is 2. The predicted molar refractivity (Wildman–Crippen MR) is 127 cm³/mol. The van der Waals surface area contributed by atoms with Gasteiger partial charge in [-0.3, -0.25) is 14.5 Å². The van der Waals surface area contributed by atoms with Crippen LogP contribution in [0.3, 0.4) is 0 Å². The fraction of sp³-hybridized carbons (Fsp3) is 0.261. The third-order valence-corrected chi connectivity index (χ3v) is 6.42. The molecule has 0 radical (unpaired) electrons. The van der Waals surface area contributed by atoms with Gasteiger partial charge in [0.15, 0.2) is 11.6 Å². The van der Waals surface area contributed by atoms with E-state index < -0.39 is 5.82 Å². The minimum atomic E-state index is -0.607. The number of nitrogens with one attached hydrogen (secondary N) is 2. The van der Waals surface area contributed by atoms with Crippen LogP contribution in [0, 0.1) is 5.82 Å². The molecule has 1 fully saturated rings. The van der Waals surface area contributed by atoms with Gasteiger partial charge in [-0.15, -0.1) is 16.4 Å². The first-order valence-corrected chi connectivity index (χ1v) is 11.7. The van der Waals surface area contributed by atoms with Crippen molar-refractivity contribution in [3.63, 3.8) is 0 Å². The molecule has 1 saturated carbocycles. The quantitative estimate of drug-likeness (QED) is 0.348. The SMILES string of the molecule is COC(=O)CCn1cc(-c2cc3nccc(Oc4ccc(NC(=O)NC5CC5)cc4F)c3s2)nn1. The van der Waals surface area contributed by atoms with Crippen molar-refractivity contribution in [1.82, 2.24) is 25.3 Å². The molecule has 1 aliphatic carbocycles. The molecule has 0 aliphatic heterocycles. The van der Waals surface area contributed by atoms with Gasteiger partial charge in [0, 0.05) is 30.1 Å². The molecule has 2 amide bonds. The molecule has 35 heavy (non-hydrogen) atoms. The molecule has 1 aromatic carbocycles. The van der Waals surface area contributed by atoms with Gasteiger partial charge in [-0.1, -0.05) is 5.21 Å². The zero-order valence-corrected chi connectivity index (χ0v) is 19.5. The van der Waals surface area contributed by atoms with Gasteiger partial charge in [0.05, 0.1) is 41.4 Å². The Kier molecular flexibility index (Phi) is 6.27. The number of halogens is 1. The molecule has 2 N–H and O–H groups in total. The van der Waals surface area contributed by atoms with Crippen LogP contribution in [0.5, 0.6) is 11.5 Å². The Balaban J connectivity index is 1.32. The number of urea groups is 1. The fourth-order valence-electron chi connectivity index (χ4n) is 3.31. The normalized spacial score (nSPS) is 13.0. The van der Waals surface area contributed by atoms with Crippen LogP contribution in [-0.4, -0.2) is 45.1 Å². The van der Waals surface area contributed by atoms with Crippen LogP contribution in [0.2, 0.25) is 0 Å². The molecular formula is C23H21FN6O4S. The van der Waals surface area contributed by atoms with E-state index in [0.29, 0.717) is 29.2 Å². The van der Waals surface area contributed by atoms with Crippen molar-refractivity contribution in [2.24, 2.45) is 0 Å². The highest BCUT2D eigenvalue weighted by Gasteiger charge is 2.23. The Bertz CT molecular complexity index is 1400. The maximum atomic E-state index is 14.7. The highest BCUT2D eigenvalue weighted by atomic mass is 32.1. The molecule has 4 aromatic rings. The molecule has 3 heterocycles. The van der Waals surface area contributed by atoms with Crippen LogP contribution in [0.1, 0.15) is 19.3 Å². The zero-order valence-electron chi connectivity index (χ0n) is 18.7. The monoisotopic (exact) mass is 496 g/mol. The summed E-state index contributed by atoms with van der Waals surface area (Å²) in [7, 11) is 1.34. The lowest BCUT2D eigenvalue weighted by atomic mass is 10.3. The number of hydrogen-bond donors (Lipinski definition) is 2. The standard InChI is InChI=1S/C23H21FN6O4S/c1-33-21(31)7-9-30-12-17(28-29-30)20-11-16-22(35-20)19(6-8-25-16)34-18-5-4-14(10-15(18)24)27-23(32)26-13-2-3-13/h4-6,8,10-13H,2-3,7,9H2,1H3,(H2,26,27,32). The van der Waals surface area contributed by atoms with Crippen molar-refractivity contribution in [1.29, 1.82) is 0 Å². The highest BCUT2D eigenvalue weighted by molar-refractivity contribution is 7.22. The van der Waals surface area contributed by atoms with Crippen molar-refractivity contribution in [2.45, 2.75) is 31.8 Å². The molecule has 0 unspecified atom stereocenters. The Morgan fingerprint density at radius 3 is 2.86 bits per heavy atom. The first kappa shape index (κ1) is 22.7. The lowest BCUT2D eigenvalue weighted by Crippen LogP contribution is -2.30. The van der Waals surface area contributed by atoms with Gasteiger partial charge in [0.1, 0.15) is 11.4 Å². The largest absolute Gasteiger partial charge is 0.469 e. The van der Waals surface area contributed by atoms with Gasteiger partial charge in [-0.05, 0) is 31.0 Å². The number of benzene rings is 1. The van der Waals surface area contributed by atoms with E-state index >= 15 is 0 Å². The van der Waals surface area contributed by atoms with Crippen LogP contribution in [0.25, 0.3) is 20.8 Å². The van der Waals surface area contributed by atoms with Crippen molar-refractivity contribution < 1.29 is 23.5 Å². The van der Waals surface area contributed by atoms with Gasteiger partial charge < -0.3 is 20.1 Å². The molecule has 0 bridgehead atoms. The number of hydrogen-bond acceptors (Lipinski definition) is 8. The van der Waals surface area contributed by atoms with Crippen LogP contribution in [0.15, 0.2) is 42.7 Å². The number of esters is 1. The molecule has 5 rings (SSSR count). The summed E-state index contributed by atoms with van der Waals surface area (Å²) in [5, 5.41) is 13.6. The maximum Gasteiger partial charge on any atom is 0.319 e. The summed E-state index contributed by atoms with van der Waals surface area (Å²) >= 11 is 1.38. The van der Waals surface area contributed by atoms with Crippen LogP contribution >= 0.6 is 11.3 Å². The number of aromatic nitrogens is 4. The van der Waals surface area contributed by atoms with Gasteiger partial charge in [-0.25, -0.2) is 9.18 Å². The van der Waals surface area contributed by atoms with E-state index in [2.05, 4.69) is 30.7 Å². The number of amides is 2. The zero-order chi connectivity index (χ0) is 24.4. The molecule has 180 valence electrons. The van der Waals surface area contributed by atoms with E-state index in [9.17, 15) is 14.0 Å². The molecule has 0 saturated heterocycles. The lowest BCUT2D eigenvalue weighted by molar-refractivity contribution is -0.140. The summed E-state index contributed by atoms with van der Waals surface area (Å²) in [4.78, 5) is 28.4. The number of carbonyl (C=O) groups excluding carboxylic acids is 2. The number of thiophene rings is 1. The van der Waals surface area contributed by atoms with E-state index in [0.717, 1.165) is 22.4 Å². The van der Waals surface area contributed by atoms with Gasteiger partial charge in [0.25, 0.3) is 0 Å². The number of ether oxygens (including phenoxy) is 2. The van der Waals surface area contributed by atoms with Gasteiger partial charge in [0.2, 0.25) is 0 Å². The fourth-order valence-corrected chi connectivity index (χ4v) is 4.33. The molecule has 3 aromatic heterocycles. The second kappa shape index (κ2) is 9.66. The number of methoxy groups -OCH3 is 1. The number of nitrogens with zero attached hydrogens (tertiary/aromatic N) is 4. The topological polar surface area (TPSA) is 120 Å². The summed E-state index contributed by atoms with van der Waals surface area (Å²) in [6.45, 7) is 0.351. The van der Waals surface area contributed by atoms with Crippen molar-refractivity contribution >= 4 is 39.2 Å². The minimum Gasteiger partial charge on any atom is -0.469 e. The summed E-state index contributed by atoms with van der Waals surface area (Å²) in [6.07, 6.45) is 5.44. The van der Waals surface area contributed by atoms with Crippen molar-refractivity contribution in [2.75, 3.05) is 12.4 Å². The average Bonchev–Trinajstić information content (AvgIpc) is 3.34. The molecule has 0 atom stereocenters. The van der Waals surface area contributed by atoms with Crippen LogP contribution < -0.4 is 15.4 Å². The van der Waals surface area contributed by atoms with E-state index in [-0.39, 0.29) is 30.2 Å². The average molecular weight is 497 g/mol. The molecule has 12 heteroatoms. The maximum absolute atomic E-state index is 14.7. The second-order valence-electron chi connectivity index (χ2n) is 7.95. The second-order valence-corrected chi connectivity index (χ2v) is 9.00. The minimum absolute atomic E-state index is 0.0226. The first-order chi connectivity index (χ1) is 17.0. The summed E-state index contributed by atoms with van der Waals surface area (Å²) in [5.41, 5.74) is 1.62. The highest BCUT2D eigenvalue weighted by Crippen LogP contribution is 2.39. The van der Waals surface area contributed by atoms with E-state index in [4.69, 9.17) is 4.74 Å². The molecule has 0 spiro atoms. The Morgan fingerprint density at radius 2 is 2.09 bits per heavy atom. The Labute approximate surface area is 203 Å². The number of rotatable bonds is 8. The molecule has 1 aliphatic rings. The Hall–Kier alpha value is -4.06. The Morgan fingerprint density at radius 1 is 1.23 bits per heavy atom. The van der Waals surface area contributed by atoms with Crippen LogP contribution in [-0.2, 0) is 16.1 Å². The summed E-state index contributed by atoms with van der Waals surface area (Å²) in [6, 6.07) is 7.62. The van der Waals surface area contributed by atoms with Gasteiger partial charge >= 0.3 is 12.0 Å². The smallest absolute Gasteiger partial charge is 0.319 e. The lowest BCUT2D eigenvalue weighted by Gasteiger charge is -2.10. The van der Waals surface area contributed by atoms with E-state index in [1.54, 1.807) is 29.2 Å². The predicted octanol–water partition coefficient (Wildman–Crippen LogP) is 4.33. The van der Waals surface area contributed by atoms with Crippen molar-refractivity contribution in [3.05, 3.63) is 48.5 Å². The number of fused-ring (bicyclic) bond motifs is 1. The number of anilines is 1. The third-order valence-electron chi connectivity index (χ3n) is 5.26. The molecule has 10 nitrogen and oxygen atoms in total. The van der Waals surface area contributed by atoms with Crippen molar-refractivity contribution in [3.8, 4) is 22.1 Å².